The van der Waals surface area contributed by atoms with Crippen molar-refractivity contribution in [2.75, 3.05) is 7.11 Å². The number of methoxy groups -OCH3 is 1. The molecule has 0 spiro atoms. The molecule has 0 fully saturated rings. The Morgan fingerprint density at radius 2 is 1.94 bits per heavy atom. The van der Waals surface area contributed by atoms with Gasteiger partial charge in [0.05, 0.1) is 0 Å². The molecule has 2 atom stereocenters. The van der Waals surface area contributed by atoms with Gasteiger partial charge in [-0.2, -0.15) is 0 Å². The van der Waals surface area contributed by atoms with Crippen molar-refractivity contribution in [2.24, 2.45) is 5.92 Å². The summed E-state index contributed by atoms with van der Waals surface area (Å²) in [5.74, 6) is 1.09. The van der Waals surface area contributed by atoms with Gasteiger partial charge in [0.1, 0.15) is 0 Å². The average molecular weight is 356 g/mol. The van der Waals surface area contributed by atoms with Crippen LogP contribution in [0, 0.1) is 5.92 Å². The zero-order chi connectivity index (χ0) is 13.8. The molecule has 0 aromatic heterocycles. The fourth-order valence-electron chi connectivity index (χ4n) is 2.59. The van der Waals surface area contributed by atoms with Crippen LogP contribution in [0.1, 0.15) is 25.8 Å². The Balaban J connectivity index is 3.13. The molecule has 1 N–H and O–H groups in total. The minimum atomic E-state index is -1.22. The van der Waals surface area contributed by atoms with E-state index in [1.54, 1.807) is 7.11 Å². The van der Waals surface area contributed by atoms with Crippen molar-refractivity contribution < 1.29 is 9.84 Å². The molecule has 0 amide bonds. The van der Waals surface area contributed by atoms with Gasteiger partial charge in [0, 0.05) is 0 Å². The van der Waals surface area contributed by atoms with Gasteiger partial charge in [-0.1, -0.05) is 0 Å². The van der Waals surface area contributed by atoms with Crippen molar-refractivity contribution in [1.82, 2.24) is 0 Å². The van der Waals surface area contributed by atoms with E-state index < -0.39 is 25.4 Å². The summed E-state index contributed by atoms with van der Waals surface area (Å²) in [4.78, 5) is 4.77. The first-order valence-electron chi connectivity index (χ1n) is 6.60. The van der Waals surface area contributed by atoms with Crippen LogP contribution in [0.25, 0.3) is 0 Å². The van der Waals surface area contributed by atoms with E-state index in [-0.39, 0.29) is 0 Å². The van der Waals surface area contributed by atoms with Crippen molar-refractivity contribution >= 4 is 19.8 Å². The fraction of sp³-hybridized carbons (Fsp3) is 0.600. The third-order valence-electron chi connectivity index (χ3n) is 3.64. The third-order valence-corrected chi connectivity index (χ3v) is 7.72. The molecular weight excluding hydrogens is 331 g/mol. The molecule has 1 aromatic carbocycles. The molecule has 0 bridgehead atoms. The van der Waals surface area contributed by atoms with E-state index in [0.717, 1.165) is 17.7 Å². The SMILES string of the molecule is CCC(O)(c1ccccc1OC)C(C)[CH2][Sn]([CH3])[CH3]. The molecule has 1 aromatic rings. The van der Waals surface area contributed by atoms with Crippen molar-refractivity contribution in [1.29, 1.82) is 0 Å². The number of benzene rings is 1. The standard InChI is InChI=1S/C13H19O2.2CH3.Sn/c1-5-13(14,10(2)3)11-8-6-7-9-12(11)15-4;;;/h6-10,14H,2,5H2,1,3-4H3;2*1H3;. The summed E-state index contributed by atoms with van der Waals surface area (Å²) >= 11 is -1.22. The zero-order valence-electron chi connectivity index (χ0n) is 12.2. The Morgan fingerprint density at radius 1 is 1.33 bits per heavy atom. The van der Waals surface area contributed by atoms with Gasteiger partial charge in [0.2, 0.25) is 0 Å². The number of para-hydroxylation sites is 1. The molecule has 0 heterocycles. The molecule has 1 rings (SSSR count). The van der Waals surface area contributed by atoms with E-state index in [1.807, 2.05) is 24.3 Å². The van der Waals surface area contributed by atoms with Gasteiger partial charge in [0.25, 0.3) is 0 Å². The number of hydrogen-bond acceptors (Lipinski definition) is 2. The second kappa shape index (κ2) is 6.80. The topological polar surface area (TPSA) is 29.5 Å². The van der Waals surface area contributed by atoms with Crippen LogP contribution in [0.4, 0.5) is 0 Å². The van der Waals surface area contributed by atoms with Gasteiger partial charge in [-0.3, -0.25) is 0 Å². The Hall–Kier alpha value is -0.221. The Kier molecular flexibility index (Phi) is 5.99. The molecular formula is C15H25O2Sn. The summed E-state index contributed by atoms with van der Waals surface area (Å²) in [7, 11) is 1.67. The molecule has 101 valence electrons. The molecule has 0 aliphatic heterocycles. The first kappa shape index (κ1) is 15.8. The van der Waals surface area contributed by atoms with Crippen LogP contribution in [-0.4, -0.2) is 32.0 Å². The summed E-state index contributed by atoms with van der Waals surface area (Å²) in [6.45, 7) is 4.22. The van der Waals surface area contributed by atoms with Gasteiger partial charge in [0.15, 0.2) is 0 Å². The number of rotatable bonds is 6. The molecule has 3 heteroatoms. The number of hydrogen-bond donors (Lipinski definition) is 1. The molecule has 0 aliphatic rings. The summed E-state index contributed by atoms with van der Waals surface area (Å²) in [5, 5.41) is 11.1. The van der Waals surface area contributed by atoms with E-state index in [4.69, 9.17) is 4.74 Å². The van der Waals surface area contributed by atoms with Crippen LogP contribution in [0.15, 0.2) is 24.3 Å². The van der Waals surface area contributed by atoms with Crippen LogP contribution < -0.4 is 4.74 Å². The zero-order valence-corrected chi connectivity index (χ0v) is 15.0. The minimum absolute atomic E-state index is 0.295. The van der Waals surface area contributed by atoms with E-state index in [1.165, 1.54) is 4.44 Å². The summed E-state index contributed by atoms with van der Waals surface area (Å²) in [6, 6.07) is 7.85. The molecule has 18 heavy (non-hydrogen) atoms. The first-order chi connectivity index (χ1) is 8.45. The van der Waals surface area contributed by atoms with Gasteiger partial charge in [-0.25, -0.2) is 0 Å². The molecule has 1 radical (unpaired) electrons. The van der Waals surface area contributed by atoms with Crippen molar-refractivity contribution in [3.05, 3.63) is 29.8 Å². The Morgan fingerprint density at radius 3 is 2.44 bits per heavy atom. The van der Waals surface area contributed by atoms with E-state index in [0.29, 0.717) is 5.92 Å². The maximum atomic E-state index is 11.1. The van der Waals surface area contributed by atoms with Gasteiger partial charge < -0.3 is 0 Å². The van der Waals surface area contributed by atoms with E-state index in [9.17, 15) is 5.11 Å². The molecule has 2 nitrogen and oxygen atoms in total. The van der Waals surface area contributed by atoms with Crippen LogP contribution in [0.3, 0.4) is 0 Å². The van der Waals surface area contributed by atoms with Crippen molar-refractivity contribution in [3.63, 3.8) is 0 Å². The monoisotopic (exact) mass is 357 g/mol. The molecule has 0 saturated carbocycles. The second-order valence-electron chi connectivity index (χ2n) is 5.29. The van der Waals surface area contributed by atoms with Crippen LogP contribution in [0.2, 0.25) is 14.3 Å². The van der Waals surface area contributed by atoms with Gasteiger partial charge in [-0.05, 0) is 0 Å². The van der Waals surface area contributed by atoms with E-state index in [2.05, 4.69) is 23.7 Å². The third kappa shape index (κ3) is 3.41. The van der Waals surface area contributed by atoms with Gasteiger partial charge >= 0.3 is 118 Å². The van der Waals surface area contributed by atoms with Crippen molar-refractivity contribution in [2.45, 2.75) is 40.2 Å². The Bertz CT molecular complexity index is 379. The van der Waals surface area contributed by atoms with Crippen molar-refractivity contribution in [3.8, 4) is 5.75 Å². The van der Waals surface area contributed by atoms with Gasteiger partial charge in [-0.15, -0.1) is 0 Å². The predicted molar refractivity (Wildman–Crippen MR) is 78.6 cm³/mol. The average Bonchev–Trinajstić information content (AvgIpc) is 2.36. The second-order valence-corrected chi connectivity index (χ2v) is 13.3. The normalized spacial score (nSPS) is 16.4. The number of aliphatic hydroxyl groups is 1. The molecule has 0 saturated heterocycles. The quantitative estimate of drug-likeness (QED) is 0.788. The molecule has 0 aliphatic carbocycles. The van der Waals surface area contributed by atoms with Crippen LogP contribution in [-0.2, 0) is 5.60 Å². The predicted octanol–water partition coefficient (Wildman–Crippen LogP) is 3.68. The van der Waals surface area contributed by atoms with Crippen LogP contribution in [0.5, 0.6) is 5.75 Å². The summed E-state index contributed by atoms with van der Waals surface area (Å²) in [5.41, 5.74) is 0.178. The maximum absolute atomic E-state index is 11.1. The van der Waals surface area contributed by atoms with Crippen LogP contribution >= 0.6 is 0 Å². The van der Waals surface area contributed by atoms with E-state index >= 15 is 0 Å². The Labute approximate surface area is 118 Å². The summed E-state index contributed by atoms with van der Waals surface area (Å²) < 4.78 is 6.60. The first-order valence-corrected chi connectivity index (χ1v) is 14.3. The summed E-state index contributed by atoms with van der Waals surface area (Å²) in [6.07, 6.45) is 0.727. The number of ether oxygens (including phenoxy) is 1. The fourth-order valence-corrected chi connectivity index (χ4v) is 7.05. The molecule has 2 unspecified atom stereocenters.